The molecular formula is C21H26FN2O+. The SMILES string of the molecule is CN(Cc1ccccc1)C(=O)[C@@H]1CCC[NH+](Cc2cccc(F)c2)C1. The molecule has 0 bridgehead atoms. The highest BCUT2D eigenvalue weighted by Crippen LogP contribution is 2.13. The van der Waals surface area contributed by atoms with Crippen LogP contribution in [0.3, 0.4) is 0 Å². The van der Waals surface area contributed by atoms with Crippen LogP contribution in [0.15, 0.2) is 54.6 Å². The van der Waals surface area contributed by atoms with Crippen molar-refractivity contribution in [2.24, 2.45) is 5.92 Å². The first kappa shape index (κ1) is 17.6. The minimum absolute atomic E-state index is 0.0611. The van der Waals surface area contributed by atoms with Crippen molar-refractivity contribution < 1.29 is 14.1 Å². The van der Waals surface area contributed by atoms with Gasteiger partial charge in [0.1, 0.15) is 12.4 Å². The predicted octanol–water partition coefficient (Wildman–Crippen LogP) is 2.28. The molecule has 1 aliphatic heterocycles. The second-order valence-corrected chi connectivity index (χ2v) is 7.03. The Morgan fingerprint density at radius 2 is 1.92 bits per heavy atom. The van der Waals surface area contributed by atoms with Gasteiger partial charge < -0.3 is 9.80 Å². The quantitative estimate of drug-likeness (QED) is 0.887. The summed E-state index contributed by atoms with van der Waals surface area (Å²) < 4.78 is 13.4. The molecular weight excluding hydrogens is 315 g/mol. The smallest absolute Gasteiger partial charge is 0.231 e. The number of quaternary nitrogens is 1. The molecule has 3 nitrogen and oxygen atoms in total. The van der Waals surface area contributed by atoms with E-state index in [0.29, 0.717) is 6.54 Å². The Kier molecular flexibility index (Phi) is 5.82. The Labute approximate surface area is 149 Å². The Balaban J connectivity index is 1.57. The molecule has 2 aromatic carbocycles. The number of halogens is 1. The van der Waals surface area contributed by atoms with E-state index < -0.39 is 0 Å². The van der Waals surface area contributed by atoms with Gasteiger partial charge >= 0.3 is 0 Å². The lowest BCUT2D eigenvalue weighted by atomic mass is 9.96. The lowest BCUT2D eigenvalue weighted by Gasteiger charge is -2.31. The van der Waals surface area contributed by atoms with Crippen LogP contribution < -0.4 is 4.90 Å². The molecule has 4 heteroatoms. The van der Waals surface area contributed by atoms with Crippen molar-refractivity contribution in [3.63, 3.8) is 0 Å². The van der Waals surface area contributed by atoms with Crippen LogP contribution in [0.5, 0.6) is 0 Å². The summed E-state index contributed by atoms with van der Waals surface area (Å²) in [6.07, 6.45) is 1.99. The normalized spacial score (nSPS) is 20.2. The number of nitrogens with zero attached hydrogens (tertiary/aromatic N) is 1. The molecule has 0 aromatic heterocycles. The Bertz CT molecular complexity index is 704. The molecule has 2 aromatic rings. The van der Waals surface area contributed by atoms with E-state index in [1.807, 2.05) is 48.3 Å². The van der Waals surface area contributed by atoms with Gasteiger partial charge in [-0.05, 0) is 30.5 Å². The largest absolute Gasteiger partial charge is 0.341 e. The van der Waals surface area contributed by atoms with Crippen molar-refractivity contribution in [2.45, 2.75) is 25.9 Å². The van der Waals surface area contributed by atoms with Crippen LogP contribution in [0.25, 0.3) is 0 Å². The van der Waals surface area contributed by atoms with E-state index in [2.05, 4.69) is 0 Å². The maximum atomic E-state index is 13.4. The van der Waals surface area contributed by atoms with E-state index in [1.165, 1.54) is 11.0 Å². The molecule has 2 atom stereocenters. The molecule has 1 fully saturated rings. The fourth-order valence-electron chi connectivity index (χ4n) is 3.70. The first-order valence-electron chi connectivity index (χ1n) is 8.99. The van der Waals surface area contributed by atoms with Crippen LogP contribution in [0.1, 0.15) is 24.0 Å². The lowest BCUT2D eigenvalue weighted by molar-refractivity contribution is -0.921. The van der Waals surface area contributed by atoms with Gasteiger partial charge in [0, 0.05) is 19.2 Å². The molecule has 132 valence electrons. The minimum atomic E-state index is -0.191. The first-order valence-corrected chi connectivity index (χ1v) is 8.99. The van der Waals surface area contributed by atoms with Crippen LogP contribution in [0.2, 0.25) is 0 Å². The average molecular weight is 341 g/mol. The molecule has 0 saturated carbocycles. The Hall–Kier alpha value is -2.20. The van der Waals surface area contributed by atoms with Gasteiger partial charge in [-0.3, -0.25) is 4.79 Å². The zero-order chi connectivity index (χ0) is 17.6. The first-order chi connectivity index (χ1) is 12.1. The summed E-state index contributed by atoms with van der Waals surface area (Å²) in [5, 5.41) is 0. The number of carbonyl (C=O) groups excluding carboxylic acids is 1. The summed E-state index contributed by atoms with van der Waals surface area (Å²) in [6, 6.07) is 16.9. The van der Waals surface area contributed by atoms with Gasteiger partial charge in [-0.25, -0.2) is 4.39 Å². The van der Waals surface area contributed by atoms with Gasteiger partial charge in [0.2, 0.25) is 5.91 Å². The third kappa shape index (κ3) is 4.89. The number of nitrogens with one attached hydrogen (secondary N) is 1. The molecule has 1 unspecified atom stereocenters. The van der Waals surface area contributed by atoms with E-state index in [1.54, 1.807) is 12.1 Å². The molecule has 1 heterocycles. The van der Waals surface area contributed by atoms with Crippen LogP contribution in [0, 0.1) is 11.7 Å². The summed E-state index contributed by atoms with van der Waals surface area (Å²) >= 11 is 0. The monoisotopic (exact) mass is 341 g/mol. The number of benzene rings is 2. The van der Waals surface area contributed by atoms with E-state index in [0.717, 1.165) is 43.6 Å². The van der Waals surface area contributed by atoms with E-state index in [-0.39, 0.29) is 17.6 Å². The summed E-state index contributed by atoms with van der Waals surface area (Å²) in [5.74, 6) is 0.0930. The fraction of sp³-hybridized carbons (Fsp3) is 0.381. The summed E-state index contributed by atoms with van der Waals surface area (Å²) in [7, 11) is 1.89. The maximum Gasteiger partial charge on any atom is 0.231 e. The third-order valence-electron chi connectivity index (χ3n) is 4.95. The summed E-state index contributed by atoms with van der Waals surface area (Å²) in [5.41, 5.74) is 2.15. The van der Waals surface area contributed by atoms with Crippen molar-refractivity contribution >= 4 is 5.91 Å². The molecule has 0 aliphatic carbocycles. The van der Waals surface area contributed by atoms with Gasteiger partial charge in [0.05, 0.1) is 19.0 Å². The van der Waals surface area contributed by atoms with Crippen molar-refractivity contribution in [2.75, 3.05) is 20.1 Å². The van der Waals surface area contributed by atoms with E-state index in [9.17, 15) is 9.18 Å². The van der Waals surface area contributed by atoms with E-state index in [4.69, 9.17) is 0 Å². The predicted molar refractivity (Wildman–Crippen MR) is 96.4 cm³/mol. The number of amides is 1. The van der Waals surface area contributed by atoms with Crippen LogP contribution in [-0.2, 0) is 17.9 Å². The zero-order valence-corrected chi connectivity index (χ0v) is 14.7. The van der Waals surface area contributed by atoms with Crippen LogP contribution >= 0.6 is 0 Å². The molecule has 1 amide bonds. The molecule has 1 saturated heterocycles. The molecule has 25 heavy (non-hydrogen) atoms. The maximum absolute atomic E-state index is 13.4. The number of piperidine rings is 1. The number of likely N-dealkylation sites (tertiary alicyclic amines) is 1. The molecule has 3 rings (SSSR count). The van der Waals surface area contributed by atoms with Gasteiger partial charge in [0.15, 0.2) is 0 Å². The molecule has 0 radical (unpaired) electrons. The minimum Gasteiger partial charge on any atom is -0.341 e. The number of rotatable bonds is 5. The second kappa shape index (κ2) is 8.26. The standard InChI is InChI=1S/C21H25FN2O/c1-23(14-17-7-3-2-4-8-17)21(25)19-10-6-12-24(16-19)15-18-9-5-11-20(22)13-18/h2-5,7-9,11,13,19H,6,10,12,14-16H2,1H3/p+1/t19-/m1/s1. The van der Waals surface area contributed by atoms with E-state index >= 15 is 0 Å². The number of hydrogen-bond acceptors (Lipinski definition) is 1. The Morgan fingerprint density at radius 1 is 1.16 bits per heavy atom. The zero-order valence-electron chi connectivity index (χ0n) is 14.7. The number of hydrogen-bond donors (Lipinski definition) is 1. The molecule has 0 spiro atoms. The second-order valence-electron chi connectivity index (χ2n) is 7.03. The summed E-state index contributed by atoms with van der Waals surface area (Å²) in [4.78, 5) is 16.0. The van der Waals surface area contributed by atoms with Crippen molar-refractivity contribution in [1.29, 1.82) is 0 Å². The highest BCUT2D eigenvalue weighted by atomic mass is 19.1. The van der Waals surface area contributed by atoms with Gasteiger partial charge in [0.25, 0.3) is 0 Å². The van der Waals surface area contributed by atoms with Crippen LogP contribution in [-0.4, -0.2) is 30.9 Å². The van der Waals surface area contributed by atoms with Crippen LogP contribution in [0.4, 0.5) is 4.39 Å². The van der Waals surface area contributed by atoms with Gasteiger partial charge in [-0.1, -0.05) is 42.5 Å². The van der Waals surface area contributed by atoms with Gasteiger partial charge in [-0.2, -0.15) is 0 Å². The Morgan fingerprint density at radius 3 is 2.68 bits per heavy atom. The average Bonchev–Trinajstić information content (AvgIpc) is 2.62. The van der Waals surface area contributed by atoms with Crippen molar-refractivity contribution in [3.8, 4) is 0 Å². The van der Waals surface area contributed by atoms with Crippen molar-refractivity contribution in [1.82, 2.24) is 4.90 Å². The van der Waals surface area contributed by atoms with Gasteiger partial charge in [-0.15, -0.1) is 0 Å². The highest BCUT2D eigenvalue weighted by molar-refractivity contribution is 5.78. The lowest BCUT2D eigenvalue weighted by Crippen LogP contribution is -3.12. The number of carbonyl (C=O) groups is 1. The van der Waals surface area contributed by atoms with Crippen molar-refractivity contribution in [3.05, 3.63) is 71.5 Å². The fourth-order valence-corrected chi connectivity index (χ4v) is 3.70. The third-order valence-corrected chi connectivity index (χ3v) is 4.95. The highest BCUT2D eigenvalue weighted by Gasteiger charge is 2.30. The molecule has 1 aliphatic rings. The summed E-state index contributed by atoms with van der Waals surface area (Å²) in [6.45, 7) is 3.30. The molecule has 1 N–H and O–H groups in total. The topological polar surface area (TPSA) is 24.8 Å².